The van der Waals surface area contributed by atoms with Crippen LogP contribution in [0.4, 0.5) is 4.79 Å². The third-order valence-corrected chi connectivity index (χ3v) is 6.39. The van der Waals surface area contributed by atoms with E-state index in [0.717, 1.165) is 12.8 Å². The lowest BCUT2D eigenvalue weighted by molar-refractivity contribution is -0.148. The zero-order valence-electron chi connectivity index (χ0n) is 13.6. The van der Waals surface area contributed by atoms with Gasteiger partial charge in [0.1, 0.15) is 0 Å². The smallest absolute Gasteiger partial charge is 0.314 e. The lowest BCUT2D eigenvalue weighted by Crippen LogP contribution is -2.45. The molecule has 0 aliphatic heterocycles. The first-order chi connectivity index (χ1) is 9.63. The fraction of sp³-hybridized carbons (Fsp3) is 0.875. The van der Waals surface area contributed by atoms with Gasteiger partial charge in [0.15, 0.2) is 0 Å². The van der Waals surface area contributed by atoms with Crippen LogP contribution in [0.15, 0.2) is 0 Å². The highest BCUT2D eigenvalue weighted by molar-refractivity contribution is 5.78. The third kappa shape index (κ3) is 2.74. The minimum Gasteiger partial charge on any atom is -0.481 e. The molecule has 0 aromatic rings. The number of urea groups is 1. The molecule has 0 heterocycles. The number of carbonyl (C=O) groups is 2. The van der Waals surface area contributed by atoms with Gasteiger partial charge in [-0.1, -0.05) is 40.5 Å². The van der Waals surface area contributed by atoms with Crippen molar-refractivity contribution in [3.63, 3.8) is 0 Å². The Labute approximate surface area is 126 Å². The Kier molecular flexibility index (Phi) is 3.98. The molecule has 0 aromatic heterocycles. The van der Waals surface area contributed by atoms with E-state index in [-0.39, 0.29) is 23.4 Å². The van der Waals surface area contributed by atoms with E-state index in [1.165, 1.54) is 0 Å². The number of rotatable bonds is 5. The number of carboxylic acid groups (broad SMARTS) is 1. The average Bonchev–Trinajstić information content (AvgIpc) is 2.76. The fourth-order valence-corrected chi connectivity index (χ4v) is 3.87. The number of nitrogens with one attached hydrogen (secondary N) is 2. The van der Waals surface area contributed by atoms with Crippen molar-refractivity contribution in [1.82, 2.24) is 10.6 Å². The Balaban J connectivity index is 1.77. The van der Waals surface area contributed by atoms with Gasteiger partial charge in [-0.3, -0.25) is 4.79 Å². The van der Waals surface area contributed by atoms with Crippen molar-refractivity contribution in [2.45, 2.75) is 53.4 Å². The van der Waals surface area contributed by atoms with Crippen LogP contribution < -0.4 is 10.6 Å². The van der Waals surface area contributed by atoms with Crippen molar-refractivity contribution in [3.8, 4) is 0 Å². The second kappa shape index (κ2) is 5.18. The topological polar surface area (TPSA) is 78.4 Å². The summed E-state index contributed by atoms with van der Waals surface area (Å²) in [6.45, 7) is 9.74. The van der Waals surface area contributed by atoms with Crippen LogP contribution in [-0.2, 0) is 4.79 Å². The number of amides is 2. The normalized spacial score (nSPS) is 25.3. The monoisotopic (exact) mass is 296 g/mol. The van der Waals surface area contributed by atoms with Gasteiger partial charge in [0.2, 0.25) is 0 Å². The number of hydrogen-bond acceptors (Lipinski definition) is 2. The summed E-state index contributed by atoms with van der Waals surface area (Å²) in [4.78, 5) is 23.3. The minimum absolute atomic E-state index is 0.228. The van der Waals surface area contributed by atoms with Crippen LogP contribution in [0.25, 0.3) is 0 Å². The molecular formula is C16H28N2O3. The summed E-state index contributed by atoms with van der Waals surface area (Å²) in [5, 5.41) is 15.0. The van der Waals surface area contributed by atoms with Crippen LogP contribution in [0.1, 0.15) is 53.4 Å². The molecular weight excluding hydrogens is 268 g/mol. The third-order valence-electron chi connectivity index (χ3n) is 6.39. The standard InChI is InChI=1S/C16H28N2O3/c1-14(2)11(15(14,3)4)9-17-13(21)18-10-16(12(19)20)7-5-6-8-16/h11H,5-10H2,1-4H3,(H,19,20)(H2,17,18,21). The Hall–Kier alpha value is -1.26. The van der Waals surface area contributed by atoms with Gasteiger partial charge in [-0.25, -0.2) is 4.79 Å². The van der Waals surface area contributed by atoms with Gasteiger partial charge < -0.3 is 15.7 Å². The molecule has 2 aliphatic rings. The first-order valence-corrected chi connectivity index (χ1v) is 7.89. The quantitative estimate of drug-likeness (QED) is 0.729. The van der Waals surface area contributed by atoms with Crippen LogP contribution in [0.3, 0.4) is 0 Å². The molecule has 5 heteroatoms. The van der Waals surface area contributed by atoms with Gasteiger partial charge in [0, 0.05) is 13.1 Å². The van der Waals surface area contributed by atoms with Crippen LogP contribution in [-0.4, -0.2) is 30.2 Å². The van der Waals surface area contributed by atoms with Crippen molar-refractivity contribution in [1.29, 1.82) is 0 Å². The Morgan fingerprint density at radius 3 is 2.00 bits per heavy atom. The fourth-order valence-electron chi connectivity index (χ4n) is 3.87. The van der Waals surface area contributed by atoms with Crippen molar-refractivity contribution in [2.24, 2.45) is 22.2 Å². The lowest BCUT2D eigenvalue weighted by atomic mass is 9.86. The molecule has 0 radical (unpaired) electrons. The van der Waals surface area contributed by atoms with Crippen LogP contribution >= 0.6 is 0 Å². The van der Waals surface area contributed by atoms with E-state index in [4.69, 9.17) is 0 Å². The van der Waals surface area contributed by atoms with Gasteiger partial charge >= 0.3 is 12.0 Å². The summed E-state index contributed by atoms with van der Waals surface area (Å²) >= 11 is 0. The maximum atomic E-state index is 11.9. The Bertz CT molecular complexity index is 423. The van der Waals surface area contributed by atoms with Crippen LogP contribution in [0.5, 0.6) is 0 Å². The summed E-state index contributed by atoms with van der Waals surface area (Å²) in [6, 6.07) is -0.249. The molecule has 0 spiro atoms. The molecule has 2 aliphatic carbocycles. The SMILES string of the molecule is CC1(C)C(CNC(=O)NCC2(C(=O)O)CCCC2)C1(C)C. The number of aliphatic carboxylic acids is 1. The van der Waals surface area contributed by atoms with Crippen molar-refractivity contribution < 1.29 is 14.7 Å². The van der Waals surface area contributed by atoms with Gasteiger partial charge in [0.25, 0.3) is 0 Å². The second-order valence-electron chi connectivity index (χ2n) is 7.85. The molecule has 3 N–H and O–H groups in total. The van der Waals surface area contributed by atoms with E-state index in [1.807, 2.05) is 0 Å². The zero-order valence-corrected chi connectivity index (χ0v) is 13.6. The summed E-state index contributed by atoms with van der Waals surface area (Å²) < 4.78 is 0. The minimum atomic E-state index is -0.787. The highest BCUT2D eigenvalue weighted by Crippen LogP contribution is 2.67. The first kappa shape index (κ1) is 16.1. The van der Waals surface area contributed by atoms with Crippen molar-refractivity contribution in [2.75, 3.05) is 13.1 Å². The molecule has 120 valence electrons. The highest BCUT2D eigenvalue weighted by Gasteiger charge is 2.64. The van der Waals surface area contributed by atoms with Crippen molar-refractivity contribution in [3.05, 3.63) is 0 Å². The summed E-state index contributed by atoms with van der Waals surface area (Å²) in [5.74, 6) is -0.319. The molecule has 0 bridgehead atoms. The Morgan fingerprint density at radius 1 is 1.05 bits per heavy atom. The number of hydrogen-bond donors (Lipinski definition) is 3. The van der Waals surface area contributed by atoms with Gasteiger partial charge in [0.05, 0.1) is 5.41 Å². The molecule has 2 saturated carbocycles. The predicted molar refractivity (Wildman–Crippen MR) is 81.0 cm³/mol. The maximum absolute atomic E-state index is 11.9. The molecule has 21 heavy (non-hydrogen) atoms. The molecule has 2 amide bonds. The van der Waals surface area contributed by atoms with E-state index < -0.39 is 11.4 Å². The molecule has 0 unspecified atom stereocenters. The largest absolute Gasteiger partial charge is 0.481 e. The lowest BCUT2D eigenvalue weighted by Gasteiger charge is -2.24. The molecule has 0 atom stereocenters. The summed E-state index contributed by atoms with van der Waals surface area (Å²) in [7, 11) is 0. The molecule has 0 aromatic carbocycles. The predicted octanol–water partition coefficient (Wildman–Crippen LogP) is 2.61. The average molecular weight is 296 g/mol. The van der Waals surface area contributed by atoms with Gasteiger partial charge in [-0.05, 0) is 29.6 Å². The maximum Gasteiger partial charge on any atom is 0.314 e. The number of carboxylic acids is 1. The van der Waals surface area contributed by atoms with Crippen LogP contribution in [0.2, 0.25) is 0 Å². The first-order valence-electron chi connectivity index (χ1n) is 7.89. The van der Waals surface area contributed by atoms with Crippen molar-refractivity contribution >= 4 is 12.0 Å². The highest BCUT2D eigenvalue weighted by atomic mass is 16.4. The summed E-state index contributed by atoms with van der Waals surface area (Å²) in [5.41, 5.74) is -0.266. The second-order valence-corrected chi connectivity index (χ2v) is 7.85. The van der Waals surface area contributed by atoms with Gasteiger partial charge in [-0.15, -0.1) is 0 Å². The molecule has 5 nitrogen and oxygen atoms in total. The summed E-state index contributed by atoms with van der Waals surface area (Å²) in [6.07, 6.45) is 3.18. The van der Waals surface area contributed by atoms with E-state index in [9.17, 15) is 14.7 Å². The van der Waals surface area contributed by atoms with Gasteiger partial charge in [-0.2, -0.15) is 0 Å². The molecule has 2 rings (SSSR count). The van der Waals surface area contributed by atoms with Crippen LogP contribution in [0, 0.1) is 22.2 Å². The Morgan fingerprint density at radius 2 is 1.57 bits per heavy atom. The molecule has 2 fully saturated rings. The van der Waals surface area contributed by atoms with E-state index >= 15 is 0 Å². The molecule has 0 saturated heterocycles. The van der Waals surface area contributed by atoms with E-state index in [2.05, 4.69) is 38.3 Å². The number of carbonyl (C=O) groups excluding carboxylic acids is 1. The zero-order chi connectivity index (χ0) is 15.9. The van der Waals surface area contributed by atoms with E-state index in [0.29, 0.717) is 25.3 Å². The van der Waals surface area contributed by atoms with E-state index in [1.54, 1.807) is 0 Å².